The van der Waals surface area contributed by atoms with E-state index < -0.39 is 10.2 Å². The van der Waals surface area contributed by atoms with Gasteiger partial charge in [-0.05, 0) is 37.5 Å². The van der Waals surface area contributed by atoms with Gasteiger partial charge < -0.3 is 9.47 Å². The van der Waals surface area contributed by atoms with E-state index in [1.54, 1.807) is 25.6 Å². The second-order valence-electron chi connectivity index (χ2n) is 6.14. The smallest absolute Gasteiger partial charge is 0.282 e. The number of hydrogen-bond acceptors (Lipinski definition) is 4. The molecule has 24 heavy (non-hydrogen) atoms. The number of benzene rings is 1. The summed E-state index contributed by atoms with van der Waals surface area (Å²) in [6.45, 7) is 2.89. The molecule has 1 fully saturated rings. The SMILES string of the molecule is CCCCN(C)S(=O)(=O)N(Cc1cc(OC)ccc1OC)C1CC1. The van der Waals surface area contributed by atoms with E-state index in [0.29, 0.717) is 24.6 Å². The molecule has 1 saturated carbocycles. The largest absolute Gasteiger partial charge is 0.497 e. The highest BCUT2D eigenvalue weighted by Crippen LogP contribution is 2.34. The minimum absolute atomic E-state index is 0.0787. The van der Waals surface area contributed by atoms with Crippen molar-refractivity contribution in [2.75, 3.05) is 27.8 Å². The van der Waals surface area contributed by atoms with Crippen molar-refractivity contribution >= 4 is 10.2 Å². The first kappa shape index (κ1) is 19.0. The topological polar surface area (TPSA) is 59.1 Å². The van der Waals surface area contributed by atoms with Crippen molar-refractivity contribution in [1.82, 2.24) is 8.61 Å². The Bertz CT molecular complexity index is 644. The minimum Gasteiger partial charge on any atom is -0.497 e. The van der Waals surface area contributed by atoms with Crippen LogP contribution in [0.4, 0.5) is 0 Å². The zero-order chi connectivity index (χ0) is 17.7. The van der Waals surface area contributed by atoms with Gasteiger partial charge in [-0.3, -0.25) is 0 Å². The third-order valence-electron chi connectivity index (χ3n) is 4.28. The Kier molecular flexibility index (Phi) is 6.48. The fourth-order valence-electron chi connectivity index (χ4n) is 2.61. The summed E-state index contributed by atoms with van der Waals surface area (Å²) in [7, 11) is 1.36. The van der Waals surface area contributed by atoms with Gasteiger partial charge in [0.2, 0.25) is 0 Å². The molecule has 6 nitrogen and oxygen atoms in total. The van der Waals surface area contributed by atoms with Gasteiger partial charge in [-0.25, -0.2) is 0 Å². The van der Waals surface area contributed by atoms with Gasteiger partial charge in [0.05, 0.1) is 14.2 Å². The van der Waals surface area contributed by atoms with E-state index in [2.05, 4.69) is 6.92 Å². The maximum atomic E-state index is 13.0. The lowest BCUT2D eigenvalue weighted by atomic mass is 10.2. The monoisotopic (exact) mass is 356 g/mol. The summed E-state index contributed by atoms with van der Waals surface area (Å²) in [5.41, 5.74) is 0.816. The number of hydrogen-bond donors (Lipinski definition) is 0. The normalized spacial score (nSPS) is 15.1. The van der Waals surface area contributed by atoms with Gasteiger partial charge in [0.15, 0.2) is 0 Å². The maximum Gasteiger partial charge on any atom is 0.282 e. The van der Waals surface area contributed by atoms with Crippen LogP contribution in [0.15, 0.2) is 18.2 Å². The van der Waals surface area contributed by atoms with Gasteiger partial charge in [0, 0.05) is 31.7 Å². The Balaban J connectivity index is 2.26. The number of unbranched alkanes of at least 4 members (excludes halogenated alkanes) is 1. The molecule has 1 aromatic carbocycles. The Morgan fingerprint density at radius 2 is 1.92 bits per heavy atom. The lowest BCUT2D eigenvalue weighted by Crippen LogP contribution is -2.43. The highest BCUT2D eigenvalue weighted by atomic mass is 32.2. The molecule has 0 atom stereocenters. The van der Waals surface area contributed by atoms with Gasteiger partial charge >= 0.3 is 0 Å². The number of nitrogens with zero attached hydrogens (tertiary/aromatic N) is 2. The first-order valence-electron chi connectivity index (χ1n) is 8.38. The molecule has 0 heterocycles. The van der Waals surface area contributed by atoms with Crippen molar-refractivity contribution in [3.05, 3.63) is 23.8 Å². The molecule has 0 spiro atoms. The van der Waals surface area contributed by atoms with E-state index in [1.807, 2.05) is 18.2 Å². The van der Waals surface area contributed by atoms with E-state index in [9.17, 15) is 8.42 Å². The van der Waals surface area contributed by atoms with E-state index in [-0.39, 0.29) is 6.04 Å². The standard InChI is InChI=1S/C17H28N2O4S/c1-5-6-11-18(2)24(20,21)19(15-7-8-15)13-14-12-16(22-3)9-10-17(14)23-4/h9-10,12,15H,5-8,11,13H2,1-4H3. The van der Waals surface area contributed by atoms with Crippen LogP contribution in [0.25, 0.3) is 0 Å². The molecule has 0 radical (unpaired) electrons. The molecular weight excluding hydrogens is 328 g/mol. The van der Waals surface area contributed by atoms with Crippen LogP contribution < -0.4 is 9.47 Å². The van der Waals surface area contributed by atoms with Gasteiger partial charge in [0.1, 0.15) is 11.5 Å². The summed E-state index contributed by atoms with van der Waals surface area (Å²) in [6, 6.07) is 5.55. The third kappa shape index (κ3) is 4.40. The van der Waals surface area contributed by atoms with Crippen LogP contribution in [0.5, 0.6) is 11.5 Å². The molecule has 136 valence electrons. The Morgan fingerprint density at radius 1 is 1.21 bits per heavy atom. The highest BCUT2D eigenvalue weighted by Gasteiger charge is 2.39. The van der Waals surface area contributed by atoms with Crippen molar-refractivity contribution in [3.8, 4) is 11.5 Å². The molecular formula is C17H28N2O4S. The predicted molar refractivity (Wildman–Crippen MR) is 94.6 cm³/mol. The predicted octanol–water partition coefficient (Wildman–Crippen LogP) is 2.64. The van der Waals surface area contributed by atoms with Crippen LogP contribution >= 0.6 is 0 Å². The molecule has 0 saturated heterocycles. The molecule has 0 amide bonds. The van der Waals surface area contributed by atoms with Crippen molar-refractivity contribution < 1.29 is 17.9 Å². The fourth-order valence-corrected chi connectivity index (χ4v) is 4.22. The fraction of sp³-hybridized carbons (Fsp3) is 0.647. The zero-order valence-electron chi connectivity index (χ0n) is 15.0. The van der Waals surface area contributed by atoms with E-state index in [4.69, 9.17) is 9.47 Å². The highest BCUT2D eigenvalue weighted by molar-refractivity contribution is 7.86. The summed E-state index contributed by atoms with van der Waals surface area (Å²) in [4.78, 5) is 0. The van der Waals surface area contributed by atoms with Crippen molar-refractivity contribution in [1.29, 1.82) is 0 Å². The Morgan fingerprint density at radius 3 is 2.46 bits per heavy atom. The second kappa shape index (κ2) is 8.18. The molecule has 1 aliphatic carbocycles. The van der Waals surface area contributed by atoms with Gasteiger partial charge in [-0.2, -0.15) is 17.0 Å². The average molecular weight is 356 g/mol. The van der Waals surface area contributed by atoms with Crippen molar-refractivity contribution in [2.45, 2.75) is 45.2 Å². The minimum atomic E-state index is -3.48. The van der Waals surface area contributed by atoms with Crippen molar-refractivity contribution in [3.63, 3.8) is 0 Å². The molecule has 0 aliphatic heterocycles. The average Bonchev–Trinajstić information content (AvgIpc) is 3.41. The summed E-state index contributed by atoms with van der Waals surface area (Å²) >= 11 is 0. The molecule has 0 aromatic heterocycles. The first-order valence-corrected chi connectivity index (χ1v) is 9.77. The molecule has 0 N–H and O–H groups in total. The molecule has 0 bridgehead atoms. The van der Waals surface area contributed by atoms with Crippen LogP contribution in [0.3, 0.4) is 0 Å². The summed E-state index contributed by atoms with van der Waals surface area (Å²) < 4.78 is 39.6. The summed E-state index contributed by atoms with van der Waals surface area (Å²) in [5, 5.41) is 0. The first-order chi connectivity index (χ1) is 11.4. The number of rotatable bonds is 10. The van der Waals surface area contributed by atoms with E-state index >= 15 is 0 Å². The quantitative estimate of drug-likeness (QED) is 0.647. The lowest BCUT2D eigenvalue weighted by molar-refractivity contribution is 0.336. The molecule has 1 aliphatic rings. The Hall–Kier alpha value is -1.31. The van der Waals surface area contributed by atoms with Crippen LogP contribution in [-0.2, 0) is 16.8 Å². The van der Waals surface area contributed by atoms with Crippen LogP contribution in [0, 0.1) is 0 Å². The zero-order valence-corrected chi connectivity index (χ0v) is 15.8. The van der Waals surface area contributed by atoms with Crippen LogP contribution in [0.1, 0.15) is 38.2 Å². The Labute approximate surface area is 145 Å². The van der Waals surface area contributed by atoms with E-state index in [1.165, 1.54) is 4.31 Å². The molecule has 2 rings (SSSR count). The molecule has 1 aromatic rings. The lowest BCUT2D eigenvalue weighted by Gasteiger charge is -2.28. The number of methoxy groups -OCH3 is 2. The molecule has 0 unspecified atom stereocenters. The third-order valence-corrected chi connectivity index (χ3v) is 6.27. The van der Waals surface area contributed by atoms with E-state index in [0.717, 1.165) is 31.2 Å². The van der Waals surface area contributed by atoms with Crippen LogP contribution in [0.2, 0.25) is 0 Å². The molecule has 7 heteroatoms. The summed E-state index contributed by atoms with van der Waals surface area (Å²) in [5.74, 6) is 1.37. The summed E-state index contributed by atoms with van der Waals surface area (Å²) in [6.07, 6.45) is 3.64. The van der Waals surface area contributed by atoms with Gasteiger partial charge in [0.25, 0.3) is 10.2 Å². The maximum absolute atomic E-state index is 13.0. The van der Waals surface area contributed by atoms with Crippen molar-refractivity contribution in [2.24, 2.45) is 0 Å². The van der Waals surface area contributed by atoms with Gasteiger partial charge in [-0.1, -0.05) is 13.3 Å². The van der Waals surface area contributed by atoms with Crippen LogP contribution in [-0.4, -0.2) is 50.9 Å². The number of ether oxygens (including phenoxy) is 2. The second-order valence-corrected chi connectivity index (χ2v) is 8.13. The van der Waals surface area contributed by atoms with Gasteiger partial charge in [-0.15, -0.1) is 0 Å².